The van der Waals surface area contributed by atoms with Gasteiger partial charge in [-0.3, -0.25) is 9.69 Å². The highest BCUT2D eigenvalue weighted by atomic mass is 16.7. The molecule has 0 fully saturated rings. The first-order chi connectivity index (χ1) is 13.5. The van der Waals surface area contributed by atoms with E-state index in [9.17, 15) is 9.90 Å². The molecule has 2 aliphatic heterocycles. The second-order valence-corrected chi connectivity index (χ2v) is 7.29. The molecule has 1 N–H and O–H groups in total. The number of likely N-dealkylation sites (N-methyl/N-ethyl adjacent to an activating group) is 1. The van der Waals surface area contributed by atoms with E-state index in [4.69, 9.17) is 18.9 Å². The molecule has 2 unspecified atom stereocenters. The summed E-state index contributed by atoms with van der Waals surface area (Å²) in [6, 6.07) is 7.15. The molecule has 2 heterocycles. The van der Waals surface area contributed by atoms with Crippen molar-refractivity contribution in [2.45, 2.75) is 18.1 Å². The standard InChI is InChI=1S/C21H21NO6/c1-22-7-6-11-8-15(25-2)16(26-3)9-13(11)21(22)19(23)12-4-5-14-18(28-10-27-14)17(12)20(21)24/h4-5,8-9,20,24H,6-7,10H2,1-3H3. The second kappa shape index (κ2) is 5.86. The quantitative estimate of drug-likeness (QED) is 0.850. The number of aliphatic hydroxyl groups excluding tert-OH is 1. The van der Waals surface area contributed by atoms with Gasteiger partial charge in [0.15, 0.2) is 28.8 Å². The Morgan fingerprint density at radius 1 is 1.18 bits per heavy atom. The molecular formula is C21H21NO6. The number of Topliss-reactive ketones (excluding diaryl/α,β-unsaturated/α-hetero) is 1. The average Bonchev–Trinajstić information content (AvgIpc) is 3.27. The fourth-order valence-corrected chi connectivity index (χ4v) is 4.81. The molecule has 146 valence electrons. The number of fused-ring (bicyclic) bond motifs is 5. The molecule has 0 saturated heterocycles. The van der Waals surface area contributed by atoms with Gasteiger partial charge < -0.3 is 24.1 Å². The van der Waals surface area contributed by atoms with Gasteiger partial charge in [-0.1, -0.05) is 0 Å². The van der Waals surface area contributed by atoms with Gasteiger partial charge in [0.2, 0.25) is 6.79 Å². The predicted molar refractivity (Wildman–Crippen MR) is 99.4 cm³/mol. The first-order valence-corrected chi connectivity index (χ1v) is 9.16. The van der Waals surface area contributed by atoms with Crippen molar-refractivity contribution in [1.82, 2.24) is 4.90 Å². The summed E-state index contributed by atoms with van der Waals surface area (Å²) in [5.74, 6) is 1.99. The molecule has 7 heteroatoms. The van der Waals surface area contributed by atoms with Gasteiger partial charge in [-0.2, -0.15) is 0 Å². The number of carbonyl (C=O) groups is 1. The van der Waals surface area contributed by atoms with Crippen LogP contribution in [0.2, 0.25) is 0 Å². The summed E-state index contributed by atoms with van der Waals surface area (Å²) in [5, 5.41) is 11.5. The lowest BCUT2D eigenvalue weighted by Gasteiger charge is -2.45. The highest BCUT2D eigenvalue weighted by Gasteiger charge is 2.60. The Bertz CT molecular complexity index is 1000. The molecule has 1 spiro atoms. The lowest BCUT2D eigenvalue weighted by Crippen LogP contribution is -2.54. The Morgan fingerprint density at radius 3 is 2.68 bits per heavy atom. The third kappa shape index (κ3) is 1.92. The Balaban J connectivity index is 1.78. The number of ether oxygens (including phenoxy) is 4. The van der Waals surface area contributed by atoms with Crippen LogP contribution in [0.15, 0.2) is 24.3 Å². The minimum Gasteiger partial charge on any atom is -0.493 e. The lowest BCUT2D eigenvalue weighted by molar-refractivity contribution is -0.00852. The highest BCUT2D eigenvalue weighted by molar-refractivity contribution is 6.10. The maximum atomic E-state index is 13.7. The summed E-state index contributed by atoms with van der Waals surface area (Å²) >= 11 is 0. The van der Waals surface area contributed by atoms with Crippen molar-refractivity contribution in [1.29, 1.82) is 0 Å². The molecule has 0 bridgehead atoms. The van der Waals surface area contributed by atoms with Crippen molar-refractivity contribution < 1.29 is 28.8 Å². The molecule has 3 aliphatic rings. The van der Waals surface area contributed by atoms with E-state index < -0.39 is 11.6 Å². The monoisotopic (exact) mass is 383 g/mol. The van der Waals surface area contributed by atoms with Crippen LogP contribution in [0.4, 0.5) is 0 Å². The molecule has 0 aromatic heterocycles. The zero-order valence-corrected chi connectivity index (χ0v) is 15.9. The molecule has 5 rings (SSSR count). The molecule has 7 nitrogen and oxygen atoms in total. The first kappa shape index (κ1) is 17.3. The first-order valence-electron chi connectivity index (χ1n) is 9.16. The van der Waals surface area contributed by atoms with E-state index in [1.807, 2.05) is 24.1 Å². The number of carbonyl (C=O) groups excluding carboxylic acids is 1. The SMILES string of the molecule is COc1cc2c(cc1OC)C1(C(=O)c3ccc4c(c3C1O)OCO4)N(C)CC2. The van der Waals surface area contributed by atoms with E-state index in [0.29, 0.717) is 40.7 Å². The largest absolute Gasteiger partial charge is 0.493 e. The van der Waals surface area contributed by atoms with Gasteiger partial charge in [0.1, 0.15) is 11.6 Å². The van der Waals surface area contributed by atoms with Crippen LogP contribution in [0.5, 0.6) is 23.0 Å². The Labute approximate surface area is 162 Å². The van der Waals surface area contributed by atoms with Crippen LogP contribution in [0, 0.1) is 0 Å². The van der Waals surface area contributed by atoms with Gasteiger partial charge in [-0.25, -0.2) is 0 Å². The number of hydrogen-bond donors (Lipinski definition) is 1. The molecule has 28 heavy (non-hydrogen) atoms. The van der Waals surface area contributed by atoms with E-state index in [2.05, 4.69) is 0 Å². The number of ketones is 1. The van der Waals surface area contributed by atoms with E-state index in [0.717, 1.165) is 17.5 Å². The van der Waals surface area contributed by atoms with E-state index >= 15 is 0 Å². The number of benzene rings is 2. The molecule has 0 saturated carbocycles. The number of rotatable bonds is 2. The van der Waals surface area contributed by atoms with Crippen LogP contribution in [0.3, 0.4) is 0 Å². The zero-order valence-electron chi connectivity index (χ0n) is 15.9. The van der Waals surface area contributed by atoms with Gasteiger partial charge in [0.25, 0.3) is 0 Å². The number of methoxy groups -OCH3 is 2. The smallest absolute Gasteiger partial charge is 0.231 e. The molecule has 2 atom stereocenters. The summed E-state index contributed by atoms with van der Waals surface area (Å²) in [6.07, 6.45) is -0.351. The Kier molecular flexibility index (Phi) is 3.63. The molecule has 0 radical (unpaired) electrons. The van der Waals surface area contributed by atoms with Gasteiger partial charge in [-0.05, 0) is 48.9 Å². The van der Waals surface area contributed by atoms with Crippen LogP contribution >= 0.6 is 0 Å². The summed E-state index contributed by atoms with van der Waals surface area (Å²) in [5.41, 5.74) is 1.42. The van der Waals surface area contributed by atoms with Crippen molar-refractivity contribution >= 4 is 5.78 Å². The number of aliphatic hydroxyl groups is 1. The normalized spacial score (nSPS) is 25.0. The zero-order chi connectivity index (χ0) is 19.6. The van der Waals surface area contributed by atoms with Crippen LogP contribution in [0.1, 0.15) is 33.2 Å². The number of hydrogen-bond acceptors (Lipinski definition) is 7. The maximum absolute atomic E-state index is 13.7. The minimum absolute atomic E-state index is 0.0805. The van der Waals surface area contributed by atoms with Crippen molar-refractivity contribution in [3.05, 3.63) is 46.5 Å². The summed E-state index contributed by atoms with van der Waals surface area (Å²) < 4.78 is 22.0. The van der Waals surface area contributed by atoms with E-state index in [-0.39, 0.29) is 12.6 Å². The van der Waals surface area contributed by atoms with Crippen LogP contribution in [0.25, 0.3) is 0 Å². The minimum atomic E-state index is -1.24. The average molecular weight is 383 g/mol. The van der Waals surface area contributed by atoms with Crippen molar-refractivity contribution in [2.24, 2.45) is 0 Å². The summed E-state index contributed by atoms with van der Waals surface area (Å²) in [6.45, 7) is 0.704. The topological polar surface area (TPSA) is 77.5 Å². The van der Waals surface area contributed by atoms with E-state index in [1.54, 1.807) is 26.4 Å². The van der Waals surface area contributed by atoms with Gasteiger partial charge in [0, 0.05) is 17.7 Å². The number of nitrogens with zero attached hydrogens (tertiary/aromatic N) is 1. The fourth-order valence-electron chi connectivity index (χ4n) is 4.81. The molecule has 2 aromatic carbocycles. The van der Waals surface area contributed by atoms with Crippen molar-refractivity contribution in [3.8, 4) is 23.0 Å². The Morgan fingerprint density at radius 2 is 1.93 bits per heavy atom. The van der Waals surface area contributed by atoms with Gasteiger partial charge >= 0.3 is 0 Å². The van der Waals surface area contributed by atoms with E-state index in [1.165, 1.54) is 0 Å². The third-order valence-electron chi connectivity index (χ3n) is 6.18. The highest BCUT2D eigenvalue weighted by Crippen LogP contribution is 2.57. The van der Waals surface area contributed by atoms with Crippen molar-refractivity contribution in [2.75, 3.05) is 34.6 Å². The molecule has 2 aromatic rings. The predicted octanol–water partition coefficient (Wildman–Crippen LogP) is 2.05. The van der Waals surface area contributed by atoms with Crippen LogP contribution < -0.4 is 18.9 Å². The summed E-state index contributed by atoms with van der Waals surface area (Å²) in [4.78, 5) is 15.7. The maximum Gasteiger partial charge on any atom is 0.231 e. The summed E-state index contributed by atoms with van der Waals surface area (Å²) in [7, 11) is 5.01. The van der Waals surface area contributed by atoms with Gasteiger partial charge in [-0.15, -0.1) is 0 Å². The van der Waals surface area contributed by atoms with Crippen LogP contribution in [-0.2, 0) is 12.0 Å². The Hall–Kier alpha value is -2.77. The van der Waals surface area contributed by atoms with Crippen molar-refractivity contribution in [3.63, 3.8) is 0 Å². The molecule has 1 aliphatic carbocycles. The molecular weight excluding hydrogens is 362 g/mol. The molecule has 0 amide bonds. The lowest BCUT2D eigenvalue weighted by atomic mass is 9.76. The van der Waals surface area contributed by atoms with Crippen LogP contribution in [-0.4, -0.2) is 50.4 Å². The fraction of sp³-hybridized carbons (Fsp3) is 0.381. The third-order valence-corrected chi connectivity index (χ3v) is 6.18. The second-order valence-electron chi connectivity index (χ2n) is 7.29. The van der Waals surface area contributed by atoms with Gasteiger partial charge in [0.05, 0.1) is 14.2 Å².